The molecule has 1 aromatic carbocycles. The van der Waals surface area contributed by atoms with Gasteiger partial charge in [-0.2, -0.15) is 5.26 Å². The first kappa shape index (κ1) is 14.0. The van der Waals surface area contributed by atoms with Gasteiger partial charge in [0.2, 0.25) is 0 Å². The van der Waals surface area contributed by atoms with E-state index >= 15 is 0 Å². The highest BCUT2D eigenvalue weighted by molar-refractivity contribution is 7.11. The monoisotopic (exact) mass is 288 g/mol. The molecule has 2 rings (SSSR count). The van der Waals surface area contributed by atoms with E-state index in [1.807, 2.05) is 18.2 Å². The molecule has 102 valence electrons. The van der Waals surface area contributed by atoms with Crippen molar-refractivity contribution in [2.45, 2.75) is 20.0 Å². The molecule has 0 fully saturated rings. The van der Waals surface area contributed by atoms with E-state index in [0.717, 1.165) is 11.3 Å². The maximum atomic E-state index is 11.0. The normalized spacial score (nSPS) is 10.0. The Balaban J connectivity index is 2.16. The molecule has 0 aliphatic rings. The van der Waals surface area contributed by atoms with Crippen LogP contribution >= 0.6 is 11.3 Å². The number of rotatable bonds is 5. The van der Waals surface area contributed by atoms with E-state index < -0.39 is 4.92 Å². The number of thiophene rings is 1. The maximum Gasteiger partial charge on any atom is 0.312 e. The minimum absolute atomic E-state index is 0.181. The summed E-state index contributed by atoms with van der Waals surface area (Å²) in [6, 6.07) is 10.1. The molecule has 0 unspecified atom stereocenters. The standard InChI is InChI=1S/C14H12N2O3S/c1-2-11-4-5-12(20-11)9-19-14-6-3-10(8-15)7-13(14)16(17)18/h3-7H,2,9H2,1H3. The topological polar surface area (TPSA) is 76.2 Å². The van der Waals surface area contributed by atoms with E-state index in [0.29, 0.717) is 0 Å². The highest BCUT2D eigenvalue weighted by Crippen LogP contribution is 2.29. The highest BCUT2D eigenvalue weighted by Gasteiger charge is 2.16. The Morgan fingerprint density at radius 1 is 1.35 bits per heavy atom. The number of nitriles is 1. The Morgan fingerprint density at radius 3 is 2.70 bits per heavy atom. The van der Waals surface area contributed by atoms with Crippen LogP contribution in [0.25, 0.3) is 0 Å². The van der Waals surface area contributed by atoms with E-state index in [1.165, 1.54) is 23.1 Å². The minimum Gasteiger partial charge on any atom is -0.481 e. The Kier molecular flexibility index (Phi) is 4.33. The first-order valence-electron chi connectivity index (χ1n) is 6.03. The Hall–Kier alpha value is -2.39. The van der Waals surface area contributed by atoms with Gasteiger partial charge in [0.15, 0.2) is 5.75 Å². The number of nitro benzene ring substituents is 1. The Bertz CT molecular complexity index is 673. The largest absolute Gasteiger partial charge is 0.481 e. The zero-order chi connectivity index (χ0) is 14.5. The van der Waals surface area contributed by atoms with Crippen LogP contribution in [0.2, 0.25) is 0 Å². The van der Waals surface area contributed by atoms with Crippen LogP contribution in [0.1, 0.15) is 22.2 Å². The molecular weight excluding hydrogens is 276 g/mol. The number of benzene rings is 1. The Morgan fingerprint density at radius 2 is 2.10 bits per heavy atom. The van der Waals surface area contributed by atoms with Gasteiger partial charge in [0.05, 0.1) is 16.6 Å². The number of nitro groups is 1. The summed E-state index contributed by atoms with van der Waals surface area (Å²) in [5.41, 5.74) is 0.0600. The van der Waals surface area contributed by atoms with Gasteiger partial charge in [-0.3, -0.25) is 10.1 Å². The quantitative estimate of drug-likeness (QED) is 0.621. The lowest BCUT2D eigenvalue weighted by Crippen LogP contribution is -1.98. The molecule has 0 amide bonds. The van der Waals surface area contributed by atoms with Crippen LogP contribution in [0.5, 0.6) is 5.75 Å². The lowest BCUT2D eigenvalue weighted by atomic mass is 10.2. The summed E-state index contributed by atoms with van der Waals surface area (Å²) in [4.78, 5) is 12.7. The summed E-state index contributed by atoms with van der Waals surface area (Å²) in [7, 11) is 0. The van der Waals surface area contributed by atoms with Crippen molar-refractivity contribution in [3.8, 4) is 11.8 Å². The zero-order valence-corrected chi connectivity index (χ0v) is 11.6. The second-order valence-electron chi connectivity index (χ2n) is 4.06. The fourth-order valence-electron chi connectivity index (χ4n) is 1.69. The fraction of sp³-hybridized carbons (Fsp3) is 0.214. The van der Waals surface area contributed by atoms with E-state index in [2.05, 4.69) is 6.92 Å². The average Bonchev–Trinajstić information content (AvgIpc) is 2.92. The molecule has 0 saturated carbocycles. The van der Waals surface area contributed by atoms with Gasteiger partial charge in [0.1, 0.15) is 6.61 Å². The minimum atomic E-state index is -0.540. The number of hydrogen-bond acceptors (Lipinski definition) is 5. The lowest BCUT2D eigenvalue weighted by molar-refractivity contribution is -0.386. The fourth-order valence-corrected chi connectivity index (χ4v) is 2.56. The van der Waals surface area contributed by atoms with E-state index in [9.17, 15) is 10.1 Å². The van der Waals surface area contributed by atoms with E-state index in [1.54, 1.807) is 11.3 Å². The molecule has 0 atom stereocenters. The van der Waals surface area contributed by atoms with Crippen molar-refractivity contribution in [2.24, 2.45) is 0 Å². The third-order valence-corrected chi connectivity index (χ3v) is 3.92. The van der Waals surface area contributed by atoms with Gasteiger partial charge in [0, 0.05) is 15.8 Å². The summed E-state index contributed by atoms with van der Waals surface area (Å²) < 4.78 is 5.50. The zero-order valence-electron chi connectivity index (χ0n) is 10.8. The summed E-state index contributed by atoms with van der Waals surface area (Å²) in [5.74, 6) is 0.181. The van der Waals surface area contributed by atoms with Gasteiger partial charge in [-0.25, -0.2) is 0 Å². The van der Waals surface area contributed by atoms with Crippen molar-refractivity contribution in [2.75, 3.05) is 0 Å². The van der Waals surface area contributed by atoms with Crippen LogP contribution in [-0.2, 0) is 13.0 Å². The molecule has 0 bridgehead atoms. The Labute approximate surface area is 120 Å². The average molecular weight is 288 g/mol. The summed E-state index contributed by atoms with van der Waals surface area (Å²) in [6.45, 7) is 2.36. The molecule has 2 aromatic rings. The molecule has 0 aliphatic heterocycles. The maximum absolute atomic E-state index is 11.0. The summed E-state index contributed by atoms with van der Waals surface area (Å²) in [6.07, 6.45) is 0.960. The molecule has 1 aromatic heterocycles. The smallest absolute Gasteiger partial charge is 0.312 e. The second kappa shape index (κ2) is 6.17. The van der Waals surface area contributed by atoms with E-state index in [4.69, 9.17) is 10.00 Å². The predicted molar refractivity (Wildman–Crippen MR) is 75.8 cm³/mol. The third-order valence-electron chi connectivity index (χ3n) is 2.72. The van der Waals surface area contributed by atoms with Crippen molar-refractivity contribution in [1.29, 1.82) is 5.26 Å². The highest BCUT2D eigenvalue weighted by atomic mass is 32.1. The summed E-state index contributed by atoms with van der Waals surface area (Å²) >= 11 is 1.63. The van der Waals surface area contributed by atoms with Crippen molar-refractivity contribution in [1.82, 2.24) is 0 Å². The van der Waals surface area contributed by atoms with Gasteiger partial charge in [0.25, 0.3) is 0 Å². The van der Waals surface area contributed by atoms with Crippen LogP contribution < -0.4 is 4.74 Å². The SMILES string of the molecule is CCc1ccc(COc2ccc(C#N)cc2[N+](=O)[O-])s1. The molecule has 6 heteroatoms. The van der Waals surface area contributed by atoms with Crippen molar-refractivity contribution < 1.29 is 9.66 Å². The molecule has 1 heterocycles. The summed E-state index contributed by atoms with van der Waals surface area (Å²) in [5, 5.41) is 19.7. The molecule has 0 N–H and O–H groups in total. The lowest BCUT2D eigenvalue weighted by Gasteiger charge is -2.05. The number of nitrogens with zero attached hydrogens (tertiary/aromatic N) is 2. The molecule has 0 aliphatic carbocycles. The van der Waals surface area contributed by atoms with Crippen molar-refractivity contribution in [3.63, 3.8) is 0 Å². The molecule has 0 radical (unpaired) electrons. The van der Waals surface area contributed by atoms with E-state index in [-0.39, 0.29) is 23.6 Å². The van der Waals surface area contributed by atoms with Crippen LogP contribution in [0.3, 0.4) is 0 Å². The van der Waals surface area contributed by atoms with Crippen LogP contribution in [0, 0.1) is 21.4 Å². The van der Waals surface area contributed by atoms with Crippen molar-refractivity contribution in [3.05, 3.63) is 55.8 Å². The van der Waals surface area contributed by atoms with Gasteiger partial charge in [-0.05, 0) is 30.7 Å². The van der Waals surface area contributed by atoms with Crippen LogP contribution in [0.15, 0.2) is 30.3 Å². The van der Waals surface area contributed by atoms with Crippen LogP contribution in [0.4, 0.5) is 5.69 Å². The number of hydrogen-bond donors (Lipinski definition) is 0. The molecule has 5 nitrogen and oxygen atoms in total. The van der Waals surface area contributed by atoms with Gasteiger partial charge in [-0.1, -0.05) is 6.92 Å². The van der Waals surface area contributed by atoms with Crippen LogP contribution in [-0.4, -0.2) is 4.92 Å². The molecule has 0 spiro atoms. The van der Waals surface area contributed by atoms with Gasteiger partial charge < -0.3 is 4.74 Å². The molecule has 20 heavy (non-hydrogen) atoms. The third kappa shape index (κ3) is 3.13. The van der Waals surface area contributed by atoms with Crippen molar-refractivity contribution >= 4 is 17.0 Å². The first-order chi connectivity index (χ1) is 9.63. The second-order valence-corrected chi connectivity index (χ2v) is 5.31. The molecular formula is C14H12N2O3S. The number of aryl methyl sites for hydroxylation is 1. The predicted octanol–water partition coefficient (Wildman–Crippen LogP) is 3.67. The van der Waals surface area contributed by atoms with Gasteiger partial charge >= 0.3 is 5.69 Å². The number of ether oxygens (including phenoxy) is 1. The molecule has 0 saturated heterocycles. The first-order valence-corrected chi connectivity index (χ1v) is 6.84. The van der Waals surface area contributed by atoms with Gasteiger partial charge in [-0.15, -0.1) is 11.3 Å².